The van der Waals surface area contributed by atoms with Crippen molar-refractivity contribution in [3.8, 4) is 11.5 Å². The van der Waals surface area contributed by atoms with Gasteiger partial charge >= 0.3 is 0 Å². The van der Waals surface area contributed by atoms with E-state index in [9.17, 15) is 5.11 Å². The SMILES string of the molecule is CCCC(O)CNCc1cc(Cl)c(OC)c(OC)c1. The van der Waals surface area contributed by atoms with Crippen LogP contribution in [0.15, 0.2) is 12.1 Å². The molecule has 0 heterocycles. The monoisotopic (exact) mass is 287 g/mol. The Morgan fingerprint density at radius 1 is 1.32 bits per heavy atom. The fraction of sp³-hybridized carbons (Fsp3) is 0.571. The van der Waals surface area contributed by atoms with Crippen molar-refractivity contribution in [3.05, 3.63) is 22.7 Å². The van der Waals surface area contributed by atoms with Gasteiger partial charge in [0.05, 0.1) is 25.3 Å². The molecule has 19 heavy (non-hydrogen) atoms. The number of aliphatic hydroxyl groups excluding tert-OH is 1. The van der Waals surface area contributed by atoms with Crippen molar-refractivity contribution in [3.63, 3.8) is 0 Å². The lowest BCUT2D eigenvalue weighted by Gasteiger charge is -2.13. The lowest BCUT2D eigenvalue weighted by Crippen LogP contribution is -2.26. The fourth-order valence-electron chi connectivity index (χ4n) is 1.89. The second-order valence-electron chi connectivity index (χ2n) is 4.39. The highest BCUT2D eigenvalue weighted by Gasteiger charge is 2.11. The summed E-state index contributed by atoms with van der Waals surface area (Å²) in [5, 5.41) is 13.3. The first-order valence-electron chi connectivity index (χ1n) is 6.41. The molecule has 0 saturated carbocycles. The minimum Gasteiger partial charge on any atom is -0.493 e. The summed E-state index contributed by atoms with van der Waals surface area (Å²) in [5.41, 5.74) is 0.992. The number of ether oxygens (including phenoxy) is 2. The Labute approximate surface area is 119 Å². The first-order valence-corrected chi connectivity index (χ1v) is 6.79. The Bertz CT molecular complexity index is 399. The standard InChI is InChI=1S/C14H22ClNO3/c1-4-5-11(17)9-16-8-10-6-12(15)14(19-3)13(7-10)18-2/h6-7,11,16-17H,4-5,8-9H2,1-3H3. The van der Waals surface area contributed by atoms with Gasteiger partial charge in [-0.2, -0.15) is 0 Å². The van der Waals surface area contributed by atoms with Gasteiger partial charge in [0.25, 0.3) is 0 Å². The zero-order valence-electron chi connectivity index (χ0n) is 11.7. The molecule has 0 spiro atoms. The molecule has 4 nitrogen and oxygen atoms in total. The normalized spacial score (nSPS) is 12.3. The lowest BCUT2D eigenvalue weighted by atomic mass is 10.1. The van der Waals surface area contributed by atoms with E-state index >= 15 is 0 Å². The molecule has 0 amide bonds. The molecular formula is C14H22ClNO3. The number of aliphatic hydroxyl groups is 1. The van der Waals surface area contributed by atoms with E-state index in [4.69, 9.17) is 21.1 Å². The maximum atomic E-state index is 9.63. The molecule has 1 atom stereocenters. The topological polar surface area (TPSA) is 50.7 Å². The van der Waals surface area contributed by atoms with E-state index in [1.807, 2.05) is 12.1 Å². The summed E-state index contributed by atoms with van der Waals surface area (Å²) in [6.07, 6.45) is 1.48. The molecule has 0 radical (unpaired) electrons. The van der Waals surface area contributed by atoms with Gasteiger partial charge in [0.15, 0.2) is 11.5 Å². The third-order valence-corrected chi connectivity index (χ3v) is 3.11. The summed E-state index contributed by atoms with van der Waals surface area (Å²) in [5.74, 6) is 1.15. The Balaban J connectivity index is 2.62. The third-order valence-electron chi connectivity index (χ3n) is 2.82. The second-order valence-corrected chi connectivity index (χ2v) is 4.79. The van der Waals surface area contributed by atoms with Gasteiger partial charge in [-0.05, 0) is 24.1 Å². The Hall–Kier alpha value is -0.970. The fourth-order valence-corrected chi connectivity index (χ4v) is 2.20. The van der Waals surface area contributed by atoms with Crippen LogP contribution in [0.2, 0.25) is 5.02 Å². The number of methoxy groups -OCH3 is 2. The van der Waals surface area contributed by atoms with Crippen molar-refractivity contribution in [2.75, 3.05) is 20.8 Å². The summed E-state index contributed by atoms with van der Waals surface area (Å²) in [4.78, 5) is 0. The van der Waals surface area contributed by atoms with Crippen LogP contribution in [0.1, 0.15) is 25.3 Å². The molecule has 0 aliphatic carbocycles. The average Bonchev–Trinajstić information content (AvgIpc) is 2.38. The molecule has 2 N–H and O–H groups in total. The molecule has 0 aliphatic rings. The minimum absolute atomic E-state index is 0.305. The number of halogens is 1. The second kappa shape index (κ2) is 8.25. The van der Waals surface area contributed by atoms with Crippen LogP contribution >= 0.6 is 11.6 Å². The van der Waals surface area contributed by atoms with Crippen molar-refractivity contribution >= 4 is 11.6 Å². The van der Waals surface area contributed by atoms with E-state index < -0.39 is 0 Å². The summed E-state index contributed by atoms with van der Waals surface area (Å²) >= 11 is 6.12. The molecule has 1 rings (SSSR count). The van der Waals surface area contributed by atoms with E-state index in [1.54, 1.807) is 14.2 Å². The maximum absolute atomic E-state index is 9.63. The van der Waals surface area contributed by atoms with Gasteiger partial charge in [0.1, 0.15) is 0 Å². The highest BCUT2D eigenvalue weighted by molar-refractivity contribution is 6.32. The van der Waals surface area contributed by atoms with Crippen LogP contribution in [-0.4, -0.2) is 32.0 Å². The zero-order chi connectivity index (χ0) is 14.3. The number of hydrogen-bond donors (Lipinski definition) is 2. The zero-order valence-corrected chi connectivity index (χ0v) is 12.5. The van der Waals surface area contributed by atoms with Gasteiger partial charge < -0.3 is 19.9 Å². The van der Waals surface area contributed by atoms with E-state index in [0.29, 0.717) is 29.6 Å². The maximum Gasteiger partial charge on any atom is 0.179 e. The van der Waals surface area contributed by atoms with Crippen molar-refractivity contribution < 1.29 is 14.6 Å². The van der Waals surface area contributed by atoms with E-state index in [2.05, 4.69) is 12.2 Å². The van der Waals surface area contributed by atoms with Crippen LogP contribution in [0.25, 0.3) is 0 Å². The van der Waals surface area contributed by atoms with Crippen molar-refractivity contribution in [2.24, 2.45) is 0 Å². The van der Waals surface area contributed by atoms with Crippen LogP contribution in [0.5, 0.6) is 11.5 Å². The molecule has 1 aromatic rings. The van der Waals surface area contributed by atoms with Crippen LogP contribution in [0.3, 0.4) is 0 Å². The van der Waals surface area contributed by atoms with Gasteiger partial charge in [-0.15, -0.1) is 0 Å². The quantitative estimate of drug-likeness (QED) is 0.772. The molecule has 0 fully saturated rings. The molecular weight excluding hydrogens is 266 g/mol. The van der Waals surface area contributed by atoms with Crippen molar-refractivity contribution in [1.82, 2.24) is 5.32 Å². The molecule has 108 valence electrons. The van der Waals surface area contributed by atoms with Crippen LogP contribution in [0.4, 0.5) is 0 Å². The molecule has 5 heteroatoms. The smallest absolute Gasteiger partial charge is 0.179 e. The van der Waals surface area contributed by atoms with Crippen LogP contribution < -0.4 is 14.8 Å². The number of hydrogen-bond acceptors (Lipinski definition) is 4. The third kappa shape index (κ3) is 4.90. The summed E-state index contributed by atoms with van der Waals surface area (Å²) < 4.78 is 10.4. The van der Waals surface area contributed by atoms with Gasteiger partial charge in [0.2, 0.25) is 0 Å². The largest absolute Gasteiger partial charge is 0.493 e. The molecule has 0 aliphatic heterocycles. The molecule has 0 bridgehead atoms. The number of nitrogens with one attached hydrogen (secondary N) is 1. The number of benzene rings is 1. The Morgan fingerprint density at radius 2 is 2.05 bits per heavy atom. The summed E-state index contributed by atoms with van der Waals surface area (Å²) in [7, 11) is 3.14. The highest BCUT2D eigenvalue weighted by Crippen LogP contribution is 2.35. The van der Waals surface area contributed by atoms with E-state index in [-0.39, 0.29) is 6.10 Å². The first kappa shape index (κ1) is 16.1. The van der Waals surface area contributed by atoms with Crippen LogP contribution in [0, 0.1) is 0 Å². The predicted molar refractivity (Wildman–Crippen MR) is 77.2 cm³/mol. The van der Waals surface area contributed by atoms with Crippen molar-refractivity contribution in [2.45, 2.75) is 32.4 Å². The Morgan fingerprint density at radius 3 is 2.63 bits per heavy atom. The van der Waals surface area contributed by atoms with Gasteiger partial charge in [-0.1, -0.05) is 24.9 Å². The molecule has 0 saturated heterocycles. The molecule has 1 unspecified atom stereocenters. The highest BCUT2D eigenvalue weighted by atomic mass is 35.5. The average molecular weight is 288 g/mol. The molecule has 0 aromatic heterocycles. The van der Waals surface area contributed by atoms with Gasteiger partial charge in [0, 0.05) is 13.1 Å². The lowest BCUT2D eigenvalue weighted by molar-refractivity contribution is 0.160. The first-order chi connectivity index (χ1) is 9.12. The Kier molecular flexibility index (Phi) is 6.99. The van der Waals surface area contributed by atoms with E-state index in [0.717, 1.165) is 18.4 Å². The summed E-state index contributed by atoms with van der Waals surface area (Å²) in [6, 6.07) is 3.71. The minimum atomic E-state index is -0.305. The van der Waals surface area contributed by atoms with Crippen LogP contribution in [-0.2, 0) is 6.54 Å². The summed E-state index contributed by atoms with van der Waals surface area (Å²) in [6.45, 7) is 3.25. The van der Waals surface area contributed by atoms with Gasteiger partial charge in [-0.3, -0.25) is 0 Å². The van der Waals surface area contributed by atoms with Gasteiger partial charge in [-0.25, -0.2) is 0 Å². The van der Waals surface area contributed by atoms with Crippen molar-refractivity contribution in [1.29, 1.82) is 0 Å². The number of rotatable bonds is 8. The molecule has 1 aromatic carbocycles. The van der Waals surface area contributed by atoms with E-state index in [1.165, 1.54) is 0 Å². The predicted octanol–water partition coefficient (Wildman–Crippen LogP) is 2.61.